The second-order valence-corrected chi connectivity index (χ2v) is 4.12. The predicted molar refractivity (Wildman–Crippen MR) is 61.2 cm³/mol. The zero-order valence-corrected chi connectivity index (χ0v) is 10.2. The van der Waals surface area contributed by atoms with Crippen molar-refractivity contribution in [1.29, 1.82) is 0 Å². The highest BCUT2D eigenvalue weighted by Crippen LogP contribution is 2.21. The van der Waals surface area contributed by atoms with Crippen molar-refractivity contribution in [3.8, 4) is 0 Å². The molecular weight excluding hydrogens is 208 g/mol. The normalized spacial score (nSPS) is 19.1. The van der Waals surface area contributed by atoms with Crippen molar-refractivity contribution >= 4 is 6.03 Å². The van der Waals surface area contributed by atoms with E-state index in [4.69, 9.17) is 9.47 Å². The minimum absolute atomic E-state index is 0.124. The summed E-state index contributed by atoms with van der Waals surface area (Å²) in [5, 5.41) is 5.53. The molecule has 0 unspecified atom stereocenters. The van der Waals surface area contributed by atoms with Crippen LogP contribution in [0.5, 0.6) is 0 Å². The van der Waals surface area contributed by atoms with Crippen LogP contribution in [0.1, 0.15) is 33.1 Å². The minimum atomic E-state index is -0.531. The molecule has 1 saturated heterocycles. The van der Waals surface area contributed by atoms with Crippen LogP contribution in [0.15, 0.2) is 0 Å². The number of carbonyl (C=O) groups is 1. The summed E-state index contributed by atoms with van der Waals surface area (Å²) in [5.41, 5.74) is 0. The van der Waals surface area contributed by atoms with E-state index < -0.39 is 5.79 Å². The van der Waals surface area contributed by atoms with Gasteiger partial charge in [0.25, 0.3) is 0 Å². The molecule has 5 nitrogen and oxygen atoms in total. The molecule has 0 aromatic rings. The maximum absolute atomic E-state index is 11.2. The molecule has 0 aromatic heterocycles. The Morgan fingerprint density at radius 2 is 1.88 bits per heavy atom. The number of rotatable bonds is 5. The van der Waals surface area contributed by atoms with Gasteiger partial charge in [-0.2, -0.15) is 0 Å². The van der Waals surface area contributed by atoms with Gasteiger partial charge in [-0.1, -0.05) is 6.92 Å². The third kappa shape index (κ3) is 4.81. The zero-order chi connectivity index (χ0) is 11.9. The van der Waals surface area contributed by atoms with Crippen molar-refractivity contribution in [1.82, 2.24) is 10.6 Å². The first-order chi connectivity index (χ1) is 7.66. The van der Waals surface area contributed by atoms with Crippen LogP contribution in [0.25, 0.3) is 0 Å². The molecule has 0 spiro atoms. The van der Waals surface area contributed by atoms with Crippen LogP contribution in [0, 0.1) is 0 Å². The van der Waals surface area contributed by atoms with Gasteiger partial charge in [-0.15, -0.1) is 0 Å². The second kappa shape index (κ2) is 6.70. The first-order valence-corrected chi connectivity index (χ1v) is 5.96. The summed E-state index contributed by atoms with van der Waals surface area (Å²) >= 11 is 0. The average molecular weight is 230 g/mol. The molecule has 0 radical (unpaired) electrons. The number of hydrogen-bond donors (Lipinski definition) is 2. The second-order valence-electron chi connectivity index (χ2n) is 4.12. The third-order valence-electron chi connectivity index (χ3n) is 2.50. The Bertz CT molecular complexity index is 215. The van der Waals surface area contributed by atoms with E-state index in [1.165, 1.54) is 0 Å². The largest absolute Gasteiger partial charge is 0.350 e. The molecule has 1 rings (SSSR count). The van der Waals surface area contributed by atoms with Gasteiger partial charge in [0, 0.05) is 19.5 Å². The Morgan fingerprint density at radius 1 is 1.25 bits per heavy atom. The fourth-order valence-corrected chi connectivity index (χ4v) is 1.53. The van der Waals surface area contributed by atoms with Crippen molar-refractivity contribution in [2.45, 2.75) is 38.9 Å². The van der Waals surface area contributed by atoms with Crippen LogP contribution in [-0.4, -0.2) is 38.1 Å². The number of amides is 2. The molecule has 1 heterocycles. The SMILES string of the molecule is CCCNC(=O)NCCC1(C)OCCCO1. The highest BCUT2D eigenvalue weighted by Gasteiger charge is 2.28. The molecule has 2 N–H and O–H groups in total. The Hall–Kier alpha value is -0.810. The van der Waals surface area contributed by atoms with Crippen molar-refractivity contribution in [2.24, 2.45) is 0 Å². The van der Waals surface area contributed by atoms with E-state index in [0.717, 1.165) is 26.1 Å². The van der Waals surface area contributed by atoms with Crippen LogP contribution >= 0.6 is 0 Å². The fourth-order valence-electron chi connectivity index (χ4n) is 1.53. The molecule has 0 bridgehead atoms. The molecule has 5 heteroatoms. The van der Waals surface area contributed by atoms with E-state index in [1.54, 1.807) is 0 Å². The Balaban J connectivity index is 2.11. The number of carbonyl (C=O) groups excluding carboxylic acids is 1. The maximum Gasteiger partial charge on any atom is 0.314 e. The van der Waals surface area contributed by atoms with E-state index in [2.05, 4.69) is 10.6 Å². The summed E-state index contributed by atoms with van der Waals surface area (Å²) in [5.74, 6) is -0.531. The Labute approximate surface area is 96.9 Å². The Morgan fingerprint density at radius 3 is 2.50 bits per heavy atom. The van der Waals surface area contributed by atoms with Crippen molar-refractivity contribution in [3.63, 3.8) is 0 Å². The smallest absolute Gasteiger partial charge is 0.314 e. The summed E-state index contributed by atoms with van der Waals surface area (Å²) < 4.78 is 11.1. The summed E-state index contributed by atoms with van der Waals surface area (Å²) in [6, 6.07) is -0.124. The van der Waals surface area contributed by atoms with Crippen LogP contribution in [0.4, 0.5) is 4.79 Å². The van der Waals surface area contributed by atoms with Gasteiger partial charge in [-0.25, -0.2) is 4.79 Å². The van der Waals surface area contributed by atoms with E-state index >= 15 is 0 Å². The first-order valence-electron chi connectivity index (χ1n) is 5.96. The minimum Gasteiger partial charge on any atom is -0.350 e. The van der Waals surface area contributed by atoms with Gasteiger partial charge in [0.15, 0.2) is 5.79 Å². The highest BCUT2D eigenvalue weighted by molar-refractivity contribution is 5.73. The lowest BCUT2D eigenvalue weighted by Gasteiger charge is -2.33. The molecule has 0 atom stereocenters. The van der Waals surface area contributed by atoms with Gasteiger partial charge in [0.2, 0.25) is 0 Å². The predicted octanol–water partition coefficient (Wildman–Crippen LogP) is 1.24. The highest BCUT2D eigenvalue weighted by atomic mass is 16.7. The molecule has 0 aliphatic carbocycles. The van der Waals surface area contributed by atoms with Gasteiger partial charge in [0.05, 0.1) is 13.2 Å². The number of nitrogens with one attached hydrogen (secondary N) is 2. The molecule has 16 heavy (non-hydrogen) atoms. The lowest BCUT2D eigenvalue weighted by atomic mass is 10.2. The van der Waals surface area contributed by atoms with Crippen LogP contribution in [-0.2, 0) is 9.47 Å². The van der Waals surface area contributed by atoms with E-state index in [-0.39, 0.29) is 6.03 Å². The average Bonchev–Trinajstić information content (AvgIpc) is 2.27. The van der Waals surface area contributed by atoms with E-state index in [1.807, 2.05) is 13.8 Å². The monoisotopic (exact) mass is 230 g/mol. The molecule has 1 aliphatic heterocycles. The number of urea groups is 1. The Kier molecular flexibility index (Phi) is 5.55. The van der Waals surface area contributed by atoms with Gasteiger partial charge in [-0.05, 0) is 19.8 Å². The van der Waals surface area contributed by atoms with E-state index in [0.29, 0.717) is 19.5 Å². The van der Waals surface area contributed by atoms with Crippen LogP contribution in [0.2, 0.25) is 0 Å². The summed E-state index contributed by atoms with van der Waals surface area (Å²) in [6.45, 7) is 6.67. The van der Waals surface area contributed by atoms with Gasteiger partial charge >= 0.3 is 6.03 Å². The van der Waals surface area contributed by atoms with Gasteiger partial charge in [0.1, 0.15) is 0 Å². The van der Waals surface area contributed by atoms with Gasteiger partial charge < -0.3 is 20.1 Å². The van der Waals surface area contributed by atoms with Gasteiger partial charge in [-0.3, -0.25) is 0 Å². The lowest BCUT2D eigenvalue weighted by molar-refractivity contribution is -0.257. The van der Waals surface area contributed by atoms with Crippen LogP contribution in [0.3, 0.4) is 0 Å². The molecule has 1 fully saturated rings. The number of ether oxygens (including phenoxy) is 2. The molecule has 1 aliphatic rings. The quantitative estimate of drug-likeness (QED) is 0.747. The van der Waals surface area contributed by atoms with Crippen molar-refractivity contribution < 1.29 is 14.3 Å². The molecule has 2 amide bonds. The summed E-state index contributed by atoms with van der Waals surface area (Å²) in [6.07, 6.45) is 2.56. The summed E-state index contributed by atoms with van der Waals surface area (Å²) in [4.78, 5) is 11.2. The molecule has 0 saturated carbocycles. The lowest BCUT2D eigenvalue weighted by Crippen LogP contribution is -2.43. The number of hydrogen-bond acceptors (Lipinski definition) is 3. The maximum atomic E-state index is 11.2. The topological polar surface area (TPSA) is 59.6 Å². The summed E-state index contributed by atoms with van der Waals surface area (Å²) in [7, 11) is 0. The fraction of sp³-hybridized carbons (Fsp3) is 0.909. The molecule has 0 aromatic carbocycles. The van der Waals surface area contributed by atoms with Crippen molar-refractivity contribution in [2.75, 3.05) is 26.3 Å². The zero-order valence-electron chi connectivity index (χ0n) is 10.2. The first kappa shape index (κ1) is 13.3. The third-order valence-corrected chi connectivity index (χ3v) is 2.50. The standard InChI is InChI=1S/C11H22N2O3/c1-3-6-12-10(14)13-7-5-11(2)15-8-4-9-16-11/h3-9H2,1-2H3,(H2,12,13,14). The van der Waals surface area contributed by atoms with Crippen molar-refractivity contribution in [3.05, 3.63) is 0 Å². The van der Waals surface area contributed by atoms with E-state index in [9.17, 15) is 4.79 Å². The van der Waals surface area contributed by atoms with Crippen LogP contribution < -0.4 is 10.6 Å². The molecular formula is C11H22N2O3. The molecule has 94 valence electrons.